The zero-order chi connectivity index (χ0) is 18.3. The van der Waals surface area contributed by atoms with Gasteiger partial charge in [0.15, 0.2) is 0 Å². The van der Waals surface area contributed by atoms with Gasteiger partial charge in [-0.05, 0) is 0 Å². The molecule has 0 saturated carbocycles. The lowest BCUT2D eigenvalue weighted by Crippen LogP contribution is -2.80. The molecule has 1 aliphatic rings. The Morgan fingerprint density at radius 2 is 1.35 bits per heavy atom. The van der Waals surface area contributed by atoms with E-state index in [1.807, 2.05) is 0 Å². The Morgan fingerprint density at radius 3 is 1.74 bits per heavy atom. The predicted molar refractivity (Wildman–Crippen MR) is 61.0 cm³/mol. The first-order valence-corrected chi connectivity index (χ1v) is 5.98. The summed E-state index contributed by atoms with van der Waals surface area (Å²) in [5.41, 5.74) is 0. The number of esters is 3. The molecule has 1 heterocycles. The minimum atomic E-state index is -5.15. The first-order chi connectivity index (χ1) is 10.2. The molecular formula is C11H14F2O10. The van der Waals surface area contributed by atoms with Crippen molar-refractivity contribution >= 4 is 17.9 Å². The number of halogens is 2. The van der Waals surface area contributed by atoms with E-state index in [4.69, 9.17) is 0 Å². The molecule has 0 aromatic heterocycles. The lowest BCUT2D eigenvalue weighted by molar-refractivity contribution is -0.552. The second kappa shape index (κ2) is 5.63. The van der Waals surface area contributed by atoms with E-state index in [-0.39, 0.29) is 0 Å². The fourth-order valence-corrected chi connectivity index (χ4v) is 1.82. The molecule has 12 heteroatoms. The molecule has 10 nitrogen and oxygen atoms in total. The van der Waals surface area contributed by atoms with Crippen LogP contribution in [0.3, 0.4) is 0 Å². The molecule has 3 atom stereocenters. The zero-order valence-electron chi connectivity index (χ0n) is 12.2. The third-order valence-corrected chi connectivity index (χ3v) is 2.70. The second-order valence-corrected chi connectivity index (χ2v) is 4.65. The SMILES string of the molecule is CC(=O)O[C@]1(O)OC[C@](O)(OC(C)=O)[C@](O)(OC(C)=O)C1(F)F. The lowest BCUT2D eigenvalue weighted by Gasteiger charge is -2.51. The Kier molecular flexibility index (Phi) is 4.69. The van der Waals surface area contributed by atoms with Crippen LogP contribution in [0, 0.1) is 0 Å². The molecule has 0 bridgehead atoms. The molecule has 132 valence electrons. The van der Waals surface area contributed by atoms with Crippen LogP contribution in [-0.2, 0) is 33.3 Å². The highest BCUT2D eigenvalue weighted by Crippen LogP contribution is 2.51. The third kappa shape index (κ3) is 2.97. The van der Waals surface area contributed by atoms with Crippen LogP contribution in [0.5, 0.6) is 0 Å². The summed E-state index contributed by atoms with van der Waals surface area (Å²) in [5.74, 6) is -21.5. The normalized spacial score (nSPS) is 36.0. The van der Waals surface area contributed by atoms with Crippen LogP contribution < -0.4 is 0 Å². The fourth-order valence-electron chi connectivity index (χ4n) is 1.82. The highest BCUT2D eigenvalue weighted by Gasteiger charge is 2.84. The van der Waals surface area contributed by atoms with Gasteiger partial charge in [-0.1, -0.05) is 0 Å². The summed E-state index contributed by atoms with van der Waals surface area (Å²) >= 11 is 0. The molecule has 3 N–H and O–H groups in total. The van der Waals surface area contributed by atoms with Gasteiger partial charge in [-0.2, -0.15) is 8.78 Å². The number of hydrogen-bond acceptors (Lipinski definition) is 10. The first kappa shape index (κ1) is 19.2. The largest absolute Gasteiger partial charge is 0.423 e. The van der Waals surface area contributed by atoms with Gasteiger partial charge < -0.3 is 34.3 Å². The van der Waals surface area contributed by atoms with Crippen molar-refractivity contribution < 1.29 is 57.4 Å². The van der Waals surface area contributed by atoms with Gasteiger partial charge in [0.25, 0.3) is 0 Å². The van der Waals surface area contributed by atoms with Crippen LogP contribution in [-0.4, -0.2) is 63.3 Å². The van der Waals surface area contributed by atoms with Gasteiger partial charge in [-0.3, -0.25) is 14.4 Å². The summed E-state index contributed by atoms with van der Waals surface area (Å²) < 4.78 is 45.1. The number of aliphatic hydroxyl groups is 3. The molecule has 0 radical (unpaired) electrons. The van der Waals surface area contributed by atoms with Crippen LogP contribution in [0.4, 0.5) is 8.78 Å². The minimum Gasteiger partial charge on any atom is -0.423 e. The predicted octanol–water partition coefficient (Wildman–Crippen LogP) is -1.64. The first-order valence-electron chi connectivity index (χ1n) is 5.98. The molecule has 23 heavy (non-hydrogen) atoms. The molecule has 0 unspecified atom stereocenters. The van der Waals surface area contributed by atoms with Crippen molar-refractivity contribution in [1.82, 2.24) is 0 Å². The van der Waals surface area contributed by atoms with E-state index in [0.717, 1.165) is 0 Å². The molecule has 1 fully saturated rings. The highest BCUT2D eigenvalue weighted by molar-refractivity contribution is 5.68. The highest BCUT2D eigenvalue weighted by atomic mass is 19.3. The number of hydrogen-bond donors (Lipinski definition) is 3. The maximum Gasteiger partial charge on any atom is 0.409 e. The second-order valence-electron chi connectivity index (χ2n) is 4.65. The van der Waals surface area contributed by atoms with Crippen molar-refractivity contribution in [1.29, 1.82) is 0 Å². The molecule has 1 saturated heterocycles. The van der Waals surface area contributed by atoms with Crippen LogP contribution in [0.25, 0.3) is 0 Å². The minimum absolute atomic E-state index is 0.586. The Balaban J connectivity index is 3.47. The van der Waals surface area contributed by atoms with E-state index in [9.17, 15) is 38.5 Å². The van der Waals surface area contributed by atoms with E-state index in [2.05, 4.69) is 18.9 Å². The summed E-state index contributed by atoms with van der Waals surface area (Å²) in [6.45, 7) is 0.394. The maximum absolute atomic E-state index is 14.4. The summed E-state index contributed by atoms with van der Waals surface area (Å²) in [6.07, 6.45) is 0. The molecular weight excluding hydrogens is 330 g/mol. The van der Waals surface area contributed by atoms with Crippen LogP contribution in [0.15, 0.2) is 0 Å². The number of carbonyl (C=O) groups is 3. The molecule has 1 aliphatic heterocycles. The number of rotatable bonds is 3. The summed E-state index contributed by atoms with van der Waals surface area (Å²) in [4.78, 5) is 32.8. The molecule has 0 aromatic rings. The third-order valence-electron chi connectivity index (χ3n) is 2.70. The van der Waals surface area contributed by atoms with E-state index in [1.54, 1.807) is 0 Å². The zero-order valence-corrected chi connectivity index (χ0v) is 12.2. The standard InChI is InChI=1S/C11H14F2O10/c1-5(14)21-8(17)4-20-11(19,23-7(3)16)9(12,13)10(8,18)22-6(2)15/h17-19H,4H2,1-3H3/t8-,10-,11+/m0/s1. The van der Waals surface area contributed by atoms with E-state index in [0.29, 0.717) is 20.8 Å². The average Bonchev–Trinajstić information content (AvgIpc) is 2.32. The molecule has 0 aromatic carbocycles. The topological polar surface area (TPSA) is 149 Å². The van der Waals surface area contributed by atoms with Crippen LogP contribution >= 0.6 is 0 Å². The molecule has 1 rings (SSSR count). The average molecular weight is 344 g/mol. The van der Waals surface area contributed by atoms with Gasteiger partial charge in [0.1, 0.15) is 6.61 Å². The number of alkyl halides is 2. The lowest BCUT2D eigenvalue weighted by atomic mass is 9.93. The van der Waals surface area contributed by atoms with Gasteiger partial charge in [-0.25, -0.2) is 0 Å². The van der Waals surface area contributed by atoms with Crippen molar-refractivity contribution in [2.24, 2.45) is 0 Å². The Morgan fingerprint density at radius 1 is 0.913 bits per heavy atom. The van der Waals surface area contributed by atoms with Crippen molar-refractivity contribution in [3.05, 3.63) is 0 Å². The van der Waals surface area contributed by atoms with Crippen molar-refractivity contribution in [2.75, 3.05) is 6.61 Å². The summed E-state index contributed by atoms with van der Waals surface area (Å²) in [7, 11) is 0. The monoisotopic (exact) mass is 344 g/mol. The summed E-state index contributed by atoms with van der Waals surface area (Å²) in [6, 6.07) is 0. The Bertz CT molecular complexity index is 537. The summed E-state index contributed by atoms with van der Waals surface area (Å²) in [5, 5.41) is 29.7. The van der Waals surface area contributed by atoms with Crippen molar-refractivity contribution in [2.45, 2.75) is 44.2 Å². The fraction of sp³-hybridized carbons (Fsp3) is 0.727. The smallest absolute Gasteiger partial charge is 0.409 e. The van der Waals surface area contributed by atoms with Gasteiger partial charge in [-0.15, -0.1) is 0 Å². The Labute approximate surface area is 127 Å². The van der Waals surface area contributed by atoms with Crippen LogP contribution in [0.2, 0.25) is 0 Å². The molecule has 0 aliphatic carbocycles. The van der Waals surface area contributed by atoms with Gasteiger partial charge >= 0.3 is 41.4 Å². The van der Waals surface area contributed by atoms with Crippen molar-refractivity contribution in [3.63, 3.8) is 0 Å². The van der Waals surface area contributed by atoms with E-state index < -0.39 is 48.0 Å². The van der Waals surface area contributed by atoms with Crippen molar-refractivity contribution in [3.8, 4) is 0 Å². The Hall–Kier alpha value is -1.89. The quantitative estimate of drug-likeness (QED) is 0.309. The van der Waals surface area contributed by atoms with E-state index in [1.165, 1.54) is 0 Å². The molecule has 0 spiro atoms. The van der Waals surface area contributed by atoms with Crippen LogP contribution in [0.1, 0.15) is 20.8 Å². The van der Waals surface area contributed by atoms with Gasteiger partial charge in [0, 0.05) is 20.8 Å². The van der Waals surface area contributed by atoms with Gasteiger partial charge in [0.2, 0.25) is 0 Å². The van der Waals surface area contributed by atoms with E-state index >= 15 is 0 Å². The number of ether oxygens (including phenoxy) is 4. The molecule has 0 amide bonds. The van der Waals surface area contributed by atoms with Gasteiger partial charge in [0.05, 0.1) is 0 Å². The maximum atomic E-state index is 14.4. The number of carbonyl (C=O) groups excluding carboxylic acids is 3.